The zero-order valence-electron chi connectivity index (χ0n) is 11.9. The topological polar surface area (TPSA) is 41.5 Å². The third-order valence-corrected chi connectivity index (χ3v) is 4.68. The Bertz CT molecular complexity index is 538. The molecule has 0 unspecified atom stereocenters. The van der Waals surface area contributed by atoms with E-state index in [0.29, 0.717) is 17.2 Å². The second-order valence-corrected chi connectivity index (χ2v) is 6.09. The summed E-state index contributed by atoms with van der Waals surface area (Å²) in [5, 5.41) is 3.96. The molecule has 0 amide bonds. The number of hydrogen-bond acceptors (Lipinski definition) is 3. The molecule has 1 fully saturated rings. The molecule has 1 saturated carbocycles. The van der Waals surface area contributed by atoms with Gasteiger partial charge in [-0.05, 0) is 37.0 Å². The highest BCUT2D eigenvalue weighted by molar-refractivity contribution is 8.93. The number of nitrogens with zero attached hydrogens (tertiary/aromatic N) is 1. The van der Waals surface area contributed by atoms with Crippen LogP contribution in [0.4, 0.5) is 0 Å². The van der Waals surface area contributed by atoms with Gasteiger partial charge in [-0.2, -0.15) is 0 Å². The molecule has 1 aliphatic heterocycles. The lowest BCUT2D eigenvalue weighted by molar-refractivity contribution is -0.126. The van der Waals surface area contributed by atoms with E-state index in [1.54, 1.807) is 0 Å². The number of rotatable bonds is 4. The van der Waals surface area contributed by atoms with Crippen LogP contribution in [0.1, 0.15) is 37.7 Å². The molecule has 3 rings (SSSR count). The molecule has 1 heterocycles. The summed E-state index contributed by atoms with van der Waals surface area (Å²) in [6.07, 6.45) is 4.50. The van der Waals surface area contributed by atoms with E-state index >= 15 is 0 Å². The average Bonchev–Trinajstić information content (AvgIpc) is 2.41. The molecule has 0 radical (unpaired) electrons. The fourth-order valence-corrected chi connectivity index (χ4v) is 3.18. The van der Waals surface area contributed by atoms with Crippen LogP contribution in [0.2, 0.25) is 5.02 Å². The van der Waals surface area contributed by atoms with Gasteiger partial charge in [0.25, 0.3) is 0 Å². The molecule has 0 atom stereocenters. The molecule has 0 spiro atoms. The Kier molecular flexibility index (Phi) is 5.44. The molecule has 0 saturated heterocycles. The van der Waals surface area contributed by atoms with Crippen LogP contribution < -0.4 is 5.32 Å². The van der Waals surface area contributed by atoms with E-state index in [9.17, 15) is 4.79 Å². The highest BCUT2D eigenvalue weighted by Crippen LogP contribution is 2.45. The quantitative estimate of drug-likeness (QED) is 0.877. The van der Waals surface area contributed by atoms with Crippen LogP contribution in [-0.4, -0.2) is 24.7 Å². The Labute approximate surface area is 140 Å². The minimum atomic E-state index is -0.299. The van der Waals surface area contributed by atoms with Gasteiger partial charge in [-0.25, -0.2) is 0 Å². The van der Waals surface area contributed by atoms with Crippen molar-refractivity contribution >= 4 is 40.2 Å². The van der Waals surface area contributed by atoms with Gasteiger partial charge in [0.1, 0.15) is 5.84 Å². The highest BCUT2D eigenvalue weighted by Gasteiger charge is 2.45. The first-order valence-corrected chi connectivity index (χ1v) is 7.65. The van der Waals surface area contributed by atoms with Crippen LogP contribution in [0.15, 0.2) is 29.3 Å². The van der Waals surface area contributed by atoms with Gasteiger partial charge in [-0.1, -0.05) is 30.2 Å². The number of Topliss-reactive ketones (excluding diaryl/α,β-unsaturated/α-hetero) is 1. The van der Waals surface area contributed by atoms with Gasteiger partial charge in [-0.3, -0.25) is 9.79 Å². The van der Waals surface area contributed by atoms with Crippen LogP contribution in [0, 0.1) is 0 Å². The van der Waals surface area contributed by atoms with E-state index in [4.69, 9.17) is 11.6 Å². The van der Waals surface area contributed by atoms with Gasteiger partial charge in [0.15, 0.2) is 5.78 Å². The van der Waals surface area contributed by atoms with E-state index in [1.165, 1.54) is 0 Å². The molecule has 1 N–H and O–H groups in total. The summed E-state index contributed by atoms with van der Waals surface area (Å²) in [6.45, 7) is 1.77. The lowest BCUT2D eigenvalue weighted by Crippen LogP contribution is -2.45. The Balaban J connectivity index is 0.00000161. The first-order chi connectivity index (χ1) is 9.71. The number of nitrogens with one attached hydrogen (secondary N) is 1. The molecule has 1 aliphatic carbocycles. The van der Waals surface area contributed by atoms with E-state index in [2.05, 4.69) is 10.3 Å². The third-order valence-electron chi connectivity index (χ3n) is 4.43. The first-order valence-electron chi connectivity index (χ1n) is 7.27. The number of amidine groups is 1. The van der Waals surface area contributed by atoms with Gasteiger partial charge in [0.05, 0.1) is 11.8 Å². The smallest absolute Gasteiger partial charge is 0.150 e. The SMILES string of the molecule is Br.O=C(CC1=NCCCN1)C1(c2ccc(Cl)cc2)CCC1. The second-order valence-electron chi connectivity index (χ2n) is 5.65. The number of hydrogen-bond donors (Lipinski definition) is 1. The lowest BCUT2D eigenvalue weighted by atomic mass is 9.61. The van der Waals surface area contributed by atoms with Crippen LogP contribution >= 0.6 is 28.6 Å². The summed E-state index contributed by atoms with van der Waals surface area (Å²) >= 11 is 5.94. The van der Waals surface area contributed by atoms with Crippen LogP contribution in [0.5, 0.6) is 0 Å². The molecule has 0 aromatic heterocycles. The zero-order chi connectivity index (χ0) is 14.0. The van der Waals surface area contributed by atoms with Crippen molar-refractivity contribution in [3.63, 3.8) is 0 Å². The molecule has 114 valence electrons. The summed E-state index contributed by atoms with van der Waals surface area (Å²) in [5.41, 5.74) is 0.807. The van der Waals surface area contributed by atoms with Crippen molar-refractivity contribution in [2.75, 3.05) is 13.1 Å². The third kappa shape index (κ3) is 3.32. The molecule has 5 heteroatoms. The van der Waals surface area contributed by atoms with Gasteiger partial charge in [0.2, 0.25) is 0 Å². The normalized spacial score (nSPS) is 19.6. The standard InChI is InChI=1S/C16H19ClN2O.BrH/c17-13-5-3-12(4-6-13)16(7-1-8-16)14(20)11-15-18-9-2-10-19-15;/h3-6H,1-2,7-11H2,(H,18,19);1H. The molecule has 1 aromatic carbocycles. The summed E-state index contributed by atoms with van der Waals surface area (Å²) in [6, 6.07) is 7.74. The Morgan fingerprint density at radius 3 is 2.48 bits per heavy atom. The van der Waals surface area contributed by atoms with Crippen molar-refractivity contribution < 1.29 is 4.79 Å². The fraction of sp³-hybridized carbons (Fsp3) is 0.500. The van der Waals surface area contributed by atoms with E-state index in [1.807, 2.05) is 24.3 Å². The highest BCUT2D eigenvalue weighted by atomic mass is 79.9. The molecule has 1 aromatic rings. The number of carbonyl (C=O) groups is 1. The number of carbonyl (C=O) groups excluding carboxylic acids is 1. The van der Waals surface area contributed by atoms with Crippen molar-refractivity contribution in [1.29, 1.82) is 0 Å². The summed E-state index contributed by atoms with van der Waals surface area (Å²) in [4.78, 5) is 17.2. The lowest BCUT2D eigenvalue weighted by Gasteiger charge is -2.41. The molecular weight excluding hydrogens is 352 g/mol. The number of ketones is 1. The van der Waals surface area contributed by atoms with E-state index in [0.717, 1.165) is 50.2 Å². The first kappa shape index (κ1) is 16.5. The van der Waals surface area contributed by atoms with Crippen molar-refractivity contribution in [2.45, 2.75) is 37.5 Å². The maximum absolute atomic E-state index is 12.7. The van der Waals surface area contributed by atoms with Crippen molar-refractivity contribution in [3.8, 4) is 0 Å². The van der Waals surface area contributed by atoms with E-state index < -0.39 is 0 Å². The van der Waals surface area contributed by atoms with Crippen LogP contribution in [-0.2, 0) is 10.2 Å². The van der Waals surface area contributed by atoms with Gasteiger partial charge in [-0.15, -0.1) is 17.0 Å². The fourth-order valence-electron chi connectivity index (χ4n) is 3.05. The van der Waals surface area contributed by atoms with Crippen LogP contribution in [0.25, 0.3) is 0 Å². The Hall–Kier alpha value is -0.870. The Morgan fingerprint density at radius 1 is 1.24 bits per heavy atom. The monoisotopic (exact) mass is 370 g/mol. The summed E-state index contributed by atoms with van der Waals surface area (Å²) < 4.78 is 0. The van der Waals surface area contributed by atoms with Gasteiger partial charge in [0, 0.05) is 18.1 Å². The largest absolute Gasteiger partial charge is 0.373 e. The predicted molar refractivity (Wildman–Crippen MR) is 91.8 cm³/mol. The second kappa shape index (κ2) is 6.93. The molecular formula is C16H20BrClN2O. The van der Waals surface area contributed by atoms with Crippen molar-refractivity contribution in [1.82, 2.24) is 5.32 Å². The molecule has 21 heavy (non-hydrogen) atoms. The summed E-state index contributed by atoms with van der Waals surface area (Å²) in [5.74, 6) is 1.15. The van der Waals surface area contributed by atoms with E-state index in [-0.39, 0.29) is 22.4 Å². The number of halogens is 2. The number of benzene rings is 1. The molecule has 2 aliphatic rings. The van der Waals surface area contributed by atoms with Crippen LogP contribution in [0.3, 0.4) is 0 Å². The maximum atomic E-state index is 12.7. The minimum absolute atomic E-state index is 0. The number of aliphatic imine (C=N–C) groups is 1. The van der Waals surface area contributed by atoms with Gasteiger partial charge < -0.3 is 5.32 Å². The van der Waals surface area contributed by atoms with Crippen molar-refractivity contribution in [2.24, 2.45) is 4.99 Å². The predicted octanol–water partition coefficient (Wildman–Crippen LogP) is 3.69. The molecule has 3 nitrogen and oxygen atoms in total. The zero-order valence-corrected chi connectivity index (χ0v) is 14.4. The summed E-state index contributed by atoms with van der Waals surface area (Å²) in [7, 11) is 0. The Morgan fingerprint density at radius 2 is 1.95 bits per heavy atom. The maximum Gasteiger partial charge on any atom is 0.150 e. The van der Waals surface area contributed by atoms with Gasteiger partial charge >= 0.3 is 0 Å². The van der Waals surface area contributed by atoms with Crippen molar-refractivity contribution in [3.05, 3.63) is 34.9 Å². The molecule has 0 bridgehead atoms. The average molecular weight is 372 g/mol. The minimum Gasteiger partial charge on any atom is -0.373 e.